The molecular weight excluding hydrogens is 363 g/mol. The van der Waals surface area contributed by atoms with E-state index in [-0.39, 0.29) is 18.3 Å². The van der Waals surface area contributed by atoms with Crippen LogP contribution in [0.3, 0.4) is 0 Å². The van der Waals surface area contributed by atoms with Crippen molar-refractivity contribution >= 4 is 21.6 Å². The van der Waals surface area contributed by atoms with Crippen molar-refractivity contribution in [2.75, 3.05) is 11.9 Å². The fourth-order valence-corrected chi connectivity index (χ4v) is 1.92. The zero-order valence-corrected chi connectivity index (χ0v) is 13.7. The van der Waals surface area contributed by atoms with Crippen LogP contribution in [0.15, 0.2) is 36.7 Å². The predicted octanol–water partition coefficient (Wildman–Crippen LogP) is 2.89. The Morgan fingerprint density at radius 3 is 2.36 bits per heavy atom. The van der Waals surface area contributed by atoms with Crippen LogP contribution in [0.4, 0.5) is 24.7 Å². The molecule has 7 nitrogen and oxygen atoms in total. The molecule has 0 aliphatic heterocycles. The number of rotatable bonds is 6. The molecule has 1 aromatic carbocycles. The third-order valence-electron chi connectivity index (χ3n) is 3.10. The highest BCUT2D eigenvalue weighted by molar-refractivity contribution is 7.86. The van der Waals surface area contributed by atoms with Crippen molar-refractivity contribution in [2.45, 2.75) is 18.3 Å². The van der Waals surface area contributed by atoms with E-state index in [4.69, 9.17) is 9.29 Å². The molecule has 0 aliphatic rings. The first-order valence-electron chi connectivity index (χ1n) is 6.92. The highest BCUT2D eigenvalue weighted by atomic mass is 32.2. The summed E-state index contributed by atoms with van der Waals surface area (Å²) < 4.78 is 73.7. The van der Waals surface area contributed by atoms with Gasteiger partial charge >= 0.3 is 6.18 Å². The molecule has 1 heterocycles. The average molecular weight is 377 g/mol. The van der Waals surface area contributed by atoms with Gasteiger partial charge in [0.25, 0.3) is 16.0 Å². The molecule has 0 fully saturated rings. The van der Waals surface area contributed by atoms with Gasteiger partial charge in [-0.2, -0.15) is 21.6 Å². The summed E-state index contributed by atoms with van der Waals surface area (Å²) in [6, 6.07) is 4.23. The summed E-state index contributed by atoms with van der Waals surface area (Å²) in [5, 5.41) is 1.55. The smallest absolute Gasteiger partial charge is 0.416 e. The lowest BCUT2D eigenvalue weighted by Gasteiger charge is -2.13. The van der Waals surface area contributed by atoms with E-state index in [1.807, 2.05) is 0 Å². The Bertz CT molecular complexity index is 826. The fraction of sp³-hybridized carbons (Fsp3) is 0.286. The SMILES string of the molecule is CC(COc1nccnc1Nc1ccc(C(F)(F)F)cc1)S(=O)(=O)O. The van der Waals surface area contributed by atoms with Crippen LogP contribution in [0.5, 0.6) is 5.88 Å². The van der Waals surface area contributed by atoms with Gasteiger partial charge < -0.3 is 10.1 Å². The van der Waals surface area contributed by atoms with Crippen LogP contribution in [0.2, 0.25) is 0 Å². The van der Waals surface area contributed by atoms with Gasteiger partial charge in [0.15, 0.2) is 5.82 Å². The van der Waals surface area contributed by atoms with Crippen molar-refractivity contribution in [3.8, 4) is 5.88 Å². The van der Waals surface area contributed by atoms with E-state index in [0.29, 0.717) is 5.69 Å². The molecule has 1 unspecified atom stereocenters. The van der Waals surface area contributed by atoms with E-state index in [2.05, 4.69) is 15.3 Å². The third kappa shape index (κ3) is 5.29. The van der Waals surface area contributed by atoms with Gasteiger partial charge in [-0.3, -0.25) is 4.55 Å². The summed E-state index contributed by atoms with van der Waals surface area (Å²) >= 11 is 0. The third-order valence-corrected chi connectivity index (χ3v) is 4.26. The molecule has 1 aromatic heterocycles. The summed E-state index contributed by atoms with van der Waals surface area (Å²) in [5.74, 6) is 0.0303. The number of nitrogens with one attached hydrogen (secondary N) is 1. The van der Waals surface area contributed by atoms with Gasteiger partial charge in [0.2, 0.25) is 0 Å². The van der Waals surface area contributed by atoms with Crippen molar-refractivity contribution in [1.29, 1.82) is 0 Å². The minimum atomic E-state index is -4.44. The quantitative estimate of drug-likeness (QED) is 0.747. The Labute approximate surface area is 141 Å². The molecule has 1 atom stereocenters. The van der Waals surface area contributed by atoms with Crippen LogP contribution >= 0.6 is 0 Å². The summed E-state index contributed by atoms with van der Waals surface area (Å²) in [6.07, 6.45) is -1.82. The molecule has 0 aliphatic carbocycles. The Morgan fingerprint density at radius 1 is 1.20 bits per heavy atom. The highest BCUT2D eigenvalue weighted by Gasteiger charge is 2.30. The molecule has 0 saturated heterocycles. The molecule has 25 heavy (non-hydrogen) atoms. The van der Waals surface area contributed by atoms with E-state index in [1.165, 1.54) is 31.5 Å². The second-order valence-corrected chi connectivity index (χ2v) is 6.88. The average Bonchev–Trinajstić information content (AvgIpc) is 2.52. The lowest BCUT2D eigenvalue weighted by molar-refractivity contribution is -0.137. The van der Waals surface area contributed by atoms with Gasteiger partial charge in [0, 0.05) is 18.1 Å². The monoisotopic (exact) mass is 377 g/mol. The van der Waals surface area contributed by atoms with Crippen molar-refractivity contribution in [3.63, 3.8) is 0 Å². The van der Waals surface area contributed by atoms with Gasteiger partial charge in [0.05, 0.1) is 5.56 Å². The Hall–Kier alpha value is -2.40. The van der Waals surface area contributed by atoms with Crippen LogP contribution < -0.4 is 10.1 Å². The second kappa shape index (κ2) is 7.23. The van der Waals surface area contributed by atoms with Crippen LogP contribution in [0.1, 0.15) is 12.5 Å². The fourth-order valence-electron chi connectivity index (χ4n) is 1.68. The maximum absolute atomic E-state index is 12.6. The molecule has 2 rings (SSSR count). The Balaban J connectivity index is 2.13. The topological polar surface area (TPSA) is 101 Å². The molecule has 0 radical (unpaired) electrons. The zero-order valence-electron chi connectivity index (χ0n) is 12.9. The summed E-state index contributed by atoms with van der Waals surface area (Å²) in [5.41, 5.74) is -0.489. The summed E-state index contributed by atoms with van der Waals surface area (Å²) in [7, 11) is -4.26. The Kier molecular flexibility index (Phi) is 5.48. The number of anilines is 2. The lowest BCUT2D eigenvalue weighted by atomic mass is 10.2. The molecule has 0 spiro atoms. The van der Waals surface area contributed by atoms with Crippen LogP contribution in [-0.4, -0.2) is 34.8 Å². The van der Waals surface area contributed by atoms with E-state index >= 15 is 0 Å². The molecule has 11 heteroatoms. The second-order valence-electron chi connectivity index (χ2n) is 5.05. The van der Waals surface area contributed by atoms with E-state index in [1.54, 1.807) is 0 Å². The molecule has 0 saturated carbocycles. The molecule has 2 N–H and O–H groups in total. The van der Waals surface area contributed by atoms with Gasteiger partial charge in [-0.25, -0.2) is 9.97 Å². The van der Waals surface area contributed by atoms with Crippen molar-refractivity contribution in [3.05, 3.63) is 42.2 Å². The summed E-state index contributed by atoms with van der Waals surface area (Å²) in [6.45, 7) is 0.869. The van der Waals surface area contributed by atoms with Crippen LogP contribution in [0, 0.1) is 0 Å². The van der Waals surface area contributed by atoms with Crippen molar-refractivity contribution in [2.24, 2.45) is 0 Å². The zero-order chi connectivity index (χ0) is 18.7. The normalized spacial score (nSPS) is 13.3. The largest absolute Gasteiger partial charge is 0.474 e. The van der Waals surface area contributed by atoms with Crippen molar-refractivity contribution < 1.29 is 30.9 Å². The van der Waals surface area contributed by atoms with Gasteiger partial charge in [0.1, 0.15) is 11.9 Å². The first kappa shape index (κ1) is 18.9. The number of alkyl halides is 3. The standard InChI is InChI=1S/C14H14F3N3O4S/c1-9(25(21,22)23)8-24-13-12(18-6-7-19-13)20-11-4-2-10(3-5-11)14(15,16)17/h2-7,9H,8H2,1H3,(H,18,20)(H,21,22,23). The Morgan fingerprint density at radius 2 is 1.80 bits per heavy atom. The minimum absolute atomic E-state index is 0.0575. The van der Waals surface area contributed by atoms with Crippen LogP contribution in [-0.2, 0) is 16.3 Å². The van der Waals surface area contributed by atoms with Crippen LogP contribution in [0.25, 0.3) is 0 Å². The first-order valence-corrected chi connectivity index (χ1v) is 8.42. The van der Waals surface area contributed by atoms with E-state index in [0.717, 1.165) is 12.1 Å². The van der Waals surface area contributed by atoms with Gasteiger partial charge in [-0.15, -0.1) is 0 Å². The minimum Gasteiger partial charge on any atom is -0.474 e. The number of aromatic nitrogens is 2. The molecular formula is C14H14F3N3O4S. The number of nitrogens with zero attached hydrogens (tertiary/aromatic N) is 2. The molecule has 0 bridgehead atoms. The summed E-state index contributed by atoms with van der Waals surface area (Å²) in [4.78, 5) is 7.83. The number of hydrogen-bond acceptors (Lipinski definition) is 6. The predicted molar refractivity (Wildman–Crippen MR) is 83.3 cm³/mol. The van der Waals surface area contributed by atoms with E-state index in [9.17, 15) is 21.6 Å². The van der Waals surface area contributed by atoms with E-state index < -0.39 is 27.1 Å². The number of halogens is 3. The highest BCUT2D eigenvalue weighted by Crippen LogP contribution is 2.31. The van der Waals surface area contributed by atoms with Gasteiger partial charge in [-0.05, 0) is 31.2 Å². The molecule has 136 valence electrons. The maximum Gasteiger partial charge on any atom is 0.416 e. The maximum atomic E-state index is 12.6. The number of benzene rings is 1. The first-order chi connectivity index (χ1) is 11.6. The number of hydrogen-bond donors (Lipinski definition) is 2. The lowest BCUT2D eigenvalue weighted by Crippen LogP contribution is -2.24. The number of ether oxygens (including phenoxy) is 1. The molecule has 2 aromatic rings. The molecule has 0 amide bonds. The van der Waals surface area contributed by atoms with Crippen molar-refractivity contribution in [1.82, 2.24) is 9.97 Å². The van der Waals surface area contributed by atoms with Gasteiger partial charge in [-0.1, -0.05) is 0 Å².